The maximum absolute atomic E-state index is 12.6. The first-order chi connectivity index (χ1) is 14.0. The predicted octanol–water partition coefficient (Wildman–Crippen LogP) is 6.12. The van der Waals surface area contributed by atoms with E-state index in [-0.39, 0.29) is 17.7 Å². The van der Waals surface area contributed by atoms with Crippen molar-refractivity contribution in [2.75, 3.05) is 0 Å². The highest BCUT2D eigenvalue weighted by atomic mass is 79.9. The van der Waals surface area contributed by atoms with Gasteiger partial charge in [0.25, 0.3) is 0 Å². The number of benzene rings is 2. The van der Waals surface area contributed by atoms with Crippen molar-refractivity contribution in [1.29, 1.82) is 0 Å². The van der Waals surface area contributed by atoms with Gasteiger partial charge in [0.1, 0.15) is 0 Å². The van der Waals surface area contributed by atoms with Gasteiger partial charge in [0, 0.05) is 16.5 Å². The van der Waals surface area contributed by atoms with Crippen molar-refractivity contribution in [3.63, 3.8) is 0 Å². The number of aliphatic hydroxyl groups is 1. The van der Waals surface area contributed by atoms with Crippen LogP contribution in [0.4, 0.5) is 26.3 Å². The van der Waals surface area contributed by atoms with Crippen molar-refractivity contribution < 1.29 is 31.4 Å². The molecule has 0 atom stereocenters. The molecule has 0 saturated heterocycles. The third-order valence-electron chi connectivity index (χ3n) is 4.44. The Hall–Kier alpha value is -2.34. The lowest BCUT2D eigenvalue weighted by atomic mass is 10.0. The molecule has 5 nitrogen and oxygen atoms in total. The molecule has 2 heterocycles. The monoisotopic (exact) mass is 494 g/mol. The summed E-state index contributed by atoms with van der Waals surface area (Å²) in [6, 6.07) is 11.5. The highest BCUT2D eigenvalue weighted by molar-refractivity contribution is 9.08. The molecule has 0 aliphatic carbocycles. The van der Waals surface area contributed by atoms with Crippen molar-refractivity contribution in [3.05, 3.63) is 70.8 Å². The number of alkyl halides is 7. The first-order valence-electron chi connectivity index (χ1n) is 8.36. The Morgan fingerprint density at radius 1 is 0.667 bits per heavy atom. The van der Waals surface area contributed by atoms with Crippen LogP contribution in [0.15, 0.2) is 69.0 Å². The van der Waals surface area contributed by atoms with Gasteiger partial charge in [-0.15, -0.1) is 20.5 Å². The second-order valence-electron chi connectivity index (χ2n) is 6.43. The van der Waals surface area contributed by atoms with Gasteiger partial charge in [-0.3, -0.25) is 0 Å². The van der Waals surface area contributed by atoms with Crippen LogP contribution in [-0.2, 0) is 23.3 Å². The van der Waals surface area contributed by atoms with E-state index in [1.807, 2.05) is 0 Å². The molecule has 0 aromatic heterocycles. The summed E-state index contributed by atoms with van der Waals surface area (Å²) in [6.07, 6.45) is -8.93. The van der Waals surface area contributed by atoms with Gasteiger partial charge in [-0.05, 0) is 11.1 Å². The van der Waals surface area contributed by atoms with E-state index < -0.39 is 23.7 Å². The molecule has 1 N–H and O–H groups in total. The molecule has 12 heteroatoms. The Morgan fingerprint density at radius 3 is 1.23 bits per heavy atom. The van der Waals surface area contributed by atoms with Crippen LogP contribution in [-0.4, -0.2) is 17.5 Å². The van der Waals surface area contributed by atoms with Crippen LogP contribution < -0.4 is 0 Å². The SMILES string of the molecule is FC(F)(F)C1(c2ccc(CBr)cc2)N=N1.OCc1ccc(C2(C(F)(F)F)N=N2)cc1. The van der Waals surface area contributed by atoms with E-state index in [1.165, 1.54) is 36.4 Å². The number of hydrogen-bond acceptors (Lipinski definition) is 5. The van der Waals surface area contributed by atoms with Gasteiger partial charge >= 0.3 is 23.7 Å². The molecule has 2 aromatic carbocycles. The number of nitrogens with zero attached hydrogens (tertiary/aromatic N) is 4. The molecule has 0 bridgehead atoms. The minimum atomic E-state index is -4.49. The summed E-state index contributed by atoms with van der Waals surface area (Å²) in [6.45, 7) is -0.201. The summed E-state index contributed by atoms with van der Waals surface area (Å²) < 4.78 is 75.3. The van der Waals surface area contributed by atoms with Crippen LogP contribution in [0.3, 0.4) is 0 Å². The van der Waals surface area contributed by atoms with Gasteiger partial charge < -0.3 is 5.11 Å². The molecule has 2 aromatic rings. The Labute approximate surface area is 174 Å². The zero-order valence-electron chi connectivity index (χ0n) is 14.9. The van der Waals surface area contributed by atoms with E-state index in [4.69, 9.17) is 5.11 Å². The largest absolute Gasteiger partial charge is 0.442 e. The van der Waals surface area contributed by atoms with E-state index in [1.54, 1.807) is 12.1 Å². The molecule has 0 saturated carbocycles. The smallest absolute Gasteiger partial charge is 0.392 e. The Morgan fingerprint density at radius 2 is 1.00 bits per heavy atom. The fourth-order valence-electron chi connectivity index (χ4n) is 2.55. The number of halogens is 7. The molecule has 0 fully saturated rings. The molecule has 2 aliphatic heterocycles. The van der Waals surface area contributed by atoms with Gasteiger partial charge in [0.2, 0.25) is 0 Å². The molecular weight excluding hydrogens is 482 g/mol. The zero-order chi connectivity index (χ0) is 22.2. The molecule has 0 spiro atoms. The second kappa shape index (κ2) is 7.73. The van der Waals surface area contributed by atoms with Crippen molar-refractivity contribution >= 4 is 15.9 Å². The van der Waals surface area contributed by atoms with Crippen molar-refractivity contribution in [1.82, 2.24) is 0 Å². The summed E-state index contributed by atoms with van der Waals surface area (Å²) in [7, 11) is 0. The lowest BCUT2D eigenvalue weighted by molar-refractivity contribution is -0.166. The minimum absolute atomic E-state index is 0.0211. The molecule has 0 unspecified atom stereocenters. The van der Waals surface area contributed by atoms with Crippen LogP contribution in [0.5, 0.6) is 0 Å². The lowest BCUT2D eigenvalue weighted by Gasteiger charge is -2.14. The highest BCUT2D eigenvalue weighted by Gasteiger charge is 2.65. The van der Waals surface area contributed by atoms with Crippen molar-refractivity contribution in [2.45, 2.75) is 35.6 Å². The first kappa shape index (κ1) is 22.3. The van der Waals surface area contributed by atoms with Crippen LogP contribution in [0.1, 0.15) is 22.3 Å². The van der Waals surface area contributed by atoms with Gasteiger partial charge in [0.05, 0.1) is 6.61 Å². The molecule has 0 amide bonds. The van der Waals surface area contributed by atoms with Crippen LogP contribution in [0.25, 0.3) is 0 Å². The first-order valence-corrected chi connectivity index (χ1v) is 9.48. The summed E-state index contributed by atoms with van der Waals surface area (Å²) in [5, 5.41) is 21.7. The van der Waals surface area contributed by atoms with E-state index in [0.717, 1.165) is 5.56 Å². The van der Waals surface area contributed by atoms with Gasteiger partial charge in [-0.1, -0.05) is 64.5 Å². The maximum atomic E-state index is 12.6. The van der Waals surface area contributed by atoms with Gasteiger partial charge in [0.15, 0.2) is 0 Å². The number of hydrogen-bond donors (Lipinski definition) is 1. The van der Waals surface area contributed by atoms with Crippen LogP contribution >= 0.6 is 15.9 Å². The van der Waals surface area contributed by atoms with Crippen molar-refractivity contribution in [3.8, 4) is 0 Å². The summed E-state index contributed by atoms with van der Waals surface area (Å²) in [5.74, 6) is 0. The fraction of sp³-hybridized carbons (Fsp3) is 0.333. The molecule has 0 radical (unpaired) electrons. The molecule has 2 aliphatic rings. The summed E-state index contributed by atoms with van der Waals surface area (Å²) in [5.41, 5.74) is -3.14. The van der Waals surface area contributed by atoms with E-state index >= 15 is 0 Å². The quantitative estimate of drug-likeness (QED) is 0.403. The van der Waals surface area contributed by atoms with Crippen molar-refractivity contribution in [2.24, 2.45) is 20.5 Å². The average molecular weight is 495 g/mol. The maximum Gasteiger partial charge on any atom is 0.442 e. The Bertz CT molecular complexity index is 863. The molecular formula is C18H13BrF6N4O. The molecule has 4 rings (SSSR count). The Kier molecular flexibility index (Phi) is 5.76. The van der Waals surface area contributed by atoms with Crippen LogP contribution in [0, 0.1) is 0 Å². The normalized spacial score (nSPS) is 17.9. The standard InChI is InChI=1S/C9H6BrF3N2.C9H7F3N2O/c10-5-6-1-3-7(4-2-6)8(14-15-8)9(11,12)13;10-9(11,12)8(13-14-8)7-3-1-6(5-15)2-4-7/h1-4H,5H2;1-4,15H,5H2. The lowest BCUT2D eigenvalue weighted by Crippen LogP contribution is -2.30. The third kappa shape index (κ3) is 4.10. The topological polar surface area (TPSA) is 69.7 Å². The highest BCUT2D eigenvalue weighted by Crippen LogP contribution is 2.53. The van der Waals surface area contributed by atoms with Gasteiger partial charge in [-0.2, -0.15) is 26.3 Å². The summed E-state index contributed by atoms with van der Waals surface area (Å²) >= 11 is 3.22. The molecule has 30 heavy (non-hydrogen) atoms. The predicted molar refractivity (Wildman–Crippen MR) is 96.6 cm³/mol. The fourth-order valence-corrected chi connectivity index (χ4v) is 2.93. The minimum Gasteiger partial charge on any atom is -0.392 e. The second-order valence-corrected chi connectivity index (χ2v) is 6.99. The van der Waals surface area contributed by atoms with E-state index in [9.17, 15) is 26.3 Å². The van der Waals surface area contributed by atoms with Gasteiger partial charge in [-0.25, -0.2) is 0 Å². The average Bonchev–Trinajstić information content (AvgIpc) is 3.60. The molecule has 160 valence electrons. The van der Waals surface area contributed by atoms with E-state index in [0.29, 0.717) is 10.9 Å². The van der Waals surface area contributed by atoms with E-state index in [2.05, 4.69) is 36.4 Å². The zero-order valence-corrected chi connectivity index (χ0v) is 16.5. The Balaban J connectivity index is 0.000000171. The van der Waals surface area contributed by atoms with Crippen LogP contribution in [0.2, 0.25) is 0 Å². The number of aliphatic hydroxyl groups excluding tert-OH is 1. The third-order valence-corrected chi connectivity index (χ3v) is 5.09. The number of rotatable bonds is 4. The summed E-state index contributed by atoms with van der Waals surface area (Å²) in [4.78, 5) is 0.